The molecule has 146 valence electrons. The molecule has 0 aliphatic heterocycles. The third-order valence-corrected chi connectivity index (χ3v) is 6.68. The summed E-state index contributed by atoms with van der Waals surface area (Å²) in [5.74, 6) is 0.834. The van der Waals surface area contributed by atoms with Crippen molar-refractivity contribution in [3.63, 3.8) is 0 Å². The fraction of sp³-hybridized carbons (Fsp3) is 0.143. The highest BCUT2D eigenvalue weighted by Gasteiger charge is 2.16. The number of carbonyl (C=O) groups is 1. The van der Waals surface area contributed by atoms with Gasteiger partial charge in [0.25, 0.3) is 0 Å². The minimum atomic E-state index is -0.0747. The molecule has 0 saturated heterocycles. The Labute approximate surface area is 181 Å². The second-order valence-corrected chi connectivity index (χ2v) is 9.08. The van der Waals surface area contributed by atoms with Crippen LogP contribution in [0.2, 0.25) is 0 Å². The van der Waals surface area contributed by atoms with Gasteiger partial charge in [-0.05, 0) is 50.3 Å². The van der Waals surface area contributed by atoms with Gasteiger partial charge in [-0.15, -0.1) is 0 Å². The van der Waals surface area contributed by atoms with E-state index in [1.807, 2.05) is 73.0 Å². The lowest BCUT2D eigenvalue weighted by Crippen LogP contribution is -2.14. The van der Waals surface area contributed by atoms with Crippen molar-refractivity contribution in [1.29, 1.82) is 0 Å². The Hall–Kier alpha value is -2.55. The van der Waals surface area contributed by atoms with Crippen molar-refractivity contribution in [3.8, 4) is 5.69 Å². The van der Waals surface area contributed by atoms with Gasteiger partial charge in [-0.25, -0.2) is 9.97 Å². The van der Waals surface area contributed by atoms with E-state index in [4.69, 9.17) is 12.2 Å². The van der Waals surface area contributed by atoms with Crippen molar-refractivity contribution >= 4 is 57.3 Å². The fourth-order valence-electron chi connectivity index (χ4n) is 2.85. The SMILES string of the molecule is Cc1ccc(NC(=O)CSc2nc(C)nc3c2sc(=S)n3-c2ccccc2)cc1. The molecule has 1 amide bonds. The number of carbonyl (C=O) groups excluding carboxylic acids is 1. The van der Waals surface area contributed by atoms with Gasteiger partial charge in [0.2, 0.25) is 5.91 Å². The highest BCUT2D eigenvalue weighted by atomic mass is 32.2. The number of anilines is 1. The molecule has 0 bridgehead atoms. The van der Waals surface area contributed by atoms with E-state index in [9.17, 15) is 4.79 Å². The van der Waals surface area contributed by atoms with Crippen LogP contribution in [0.3, 0.4) is 0 Å². The van der Waals surface area contributed by atoms with Crippen LogP contribution < -0.4 is 5.32 Å². The monoisotopic (exact) mass is 438 g/mol. The summed E-state index contributed by atoms with van der Waals surface area (Å²) in [7, 11) is 0. The molecule has 2 heterocycles. The molecule has 29 heavy (non-hydrogen) atoms. The van der Waals surface area contributed by atoms with Gasteiger partial charge in [-0.1, -0.05) is 59.0 Å². The van der Waals surface area contributed by atoms with E-state index in [-0.39, 0.29) is 11.7 Å². The predicted molar refractivity (Wildman–Crippen MR) is 123 cm³/mol. The first kappa shape index (κ1) is 19.8. The Morgan fingerprint density at radius 3 is 2.55 bits per heavy atom. The summed E-state index contributed by atoms with van der Waals surface area (Å²) in [4.78, 5) is 21.6. The van der Waals surface area contributed by atoms with Crippen LogP contribution in [0.25, 0.3) is 16.0 Å². The Morgan fingerprint density at radius 2 is 1.83 bits per heavy atom. The second kappa shape index (κ2) is 8.44. The van der Waals surface area contributed by atoms with Gasteiger partial charge in [-0.2, -0.15) is 0 Å². The van der Waals surface area contributed by atoms with Crippen LogP contribution in [0.4, 0.5) is 5.69 Å². The number of aryl methyl sites for hydroxylation is 2. The first-order valence-electron chi connectivity index (χ1n) is 8.96. The Kier molecular flexibility index (Phi) is 5.75. The average Bonchev–Trinajstić information content (AvgIpc) is 3.04. The number of nitrogens with one attached hydrogen (secondary N) is 1. The molecule has 8 heteroatoms. The van der Waals surface area contributed by atoms with Crippen molar-refractivity contribution in [1.82, 2.24) is 14.5 Å². The molecule has 2 aromatic heterocycles. The molecule has 1 N–H and O–H groups in total. The standard InChI is InChI=1S/C21H18N4OS3/c1-13-8-10-15(11-9-13)24-17(26)12-28-20-18-19(22-14(2)23-20)25(21(27)29-18)16-6-4-3-5-7-16/h3-11H,12H2,1-2H3,(H,24,26). The van der Waals surface area contributed by atoms with E-state index in [1.54, 1.807) is 0 Å². The largest absolute Gasteiger partial charge is 0.325 e. The zero-order chi connectivity index (χ0) is 20.4. The first-order valence-corrected chi connectivity index (χ1v) is 11.2. The third-order valence-electron chi connectivity index (χ3n) is 4.20. The molecule has 0 aliphatic rings. The minimum absolute atomic E-state index is 0.0747. The number of hydrogen-bond donors (Lipinski definition) is 1. The number of para-hydroxylation sites is 1. The van der Waals surface area contributed by atoms with E-state index in [1.165, 1.54) is 23.1 Å². The highest BCUT2D eigenvalue weighted by Crippen LogP contribution is 2.32. The Morgan fingerprint density at radius 1 is 1.10 bits per heavy atom. The number of aromatic nitrogens is 3. The van der Waals surface area contributed by atoms with E-state index in [2.05, 4.69) is 15.3 Å². The van der Waals surface area contributed by atoms with E-state index in [0.717, 1.165) is 32.3 Å². The third kappa shape index (κ3) is 4.39. The molecule has 0 fully saturated rings. The van der Waals surface area contributed by atoms with Gasteiger partial charge in [0, 0.05) is 11.4 Å². The molecule has 0 saturated carbocycles. The van der Waals surface area contributed by atoms with Gasteiger partial charge in [0.1, 0.15) is 15.6 Å². The van der Waals surface area contributed by atoms with E-state index >= 15 is 0 Å². The summed E-state index contributed by atoms with van der Waals surface area (Å²) in [6.45, 7) is 3.87. The smallest absolute Gasteiger partial charge is 0.234 e. The van der Waals surface area contributed by atoms with Crippen LogP contribution in [0.1, 0.15) is 11.4 Å². The molecule has 0 atom stereocenters. The molecule has 0 spiro atoms. The molecular weight excluding hydrogens is 420 g/mol. The molecular formula is C21H18N4OS3. The van der Waals surface area contributed by atoms with Crippen molar-refractivity contribution in [2.24, 2.45) is 0 Å². The fourth-order valence-corrected chi connectivity index (χ4v) is 5.17. The van der Waals surface area contributed by atoms with E-state index in [0.29, 0.717) is 9.78 Å². The maximum absolute atomic E-state index is 12.4. The van der Waals surface area contributed by atoms with Gasteiger partial charge >= 0.3 is 0 Å². The first-order chi connectivity index (χ1) is 14.0. The van der Waals surface area contributed by atoms with Crippen LogP contribution in [0.5, 0.6) is 0 Å². The van der Waals surface area contributed by atoms with Crippen LogP contribution in [0, 0.1) is 17.8 Å². The van der Waals surface area contributed by atoms with Gasteiger partial charge in [-0.3, -0.25) is 9.36 Å². The normalized spacial score (nSPS) is 11.0. The topological polar surface area (TPSA) is 59.8 Å². The number of hydrogen-bond acceptors (Lipinski definition) is 6. The van der Waals surface area contributed by atoms with Crippen LogP contribution in [-0.4, -0.2) is 26.2 Å². The van der Waals surface area contributed by atoms with Gasteiger partial charge in [0.05, 0.1) is 5.75 Å². The highest BCUT2D eigenvalue weighted by molar-refractivity contribution is 8.00. The number of thioether (sulfide) groups is 1. The van der Waals surface area contributed by atoms with Crippen molar-refractivity contribution in [3.05, 3.63) is 69.9 Å². The minimum Gasteiger partial charge on any atom is -0.325 e. The summed E-state index contributed by atoms with van der Waals surface area (Å²) in [5, 5.41) is 3.69. The summed E-state index contributed by atoms with van der Waals surface area (Å²) in [6.07, 6.45) is 0. The maximum Gasteiger partial charge on any atom is 0.234 e. The van der Waals surface area contributed by atoms with E-state index < -0.39 is 0 Å². The Balaban J connectivity index is 1.60. The summed E-state index contributed by atoms with van der Waals surface area (Å²) < 4.78 is 3.56. The lowest BCUT2D eigenvalue weighted by molar-refractivity contribution is -0.113. The van der Waals surface area contributed by atoms with Crippen molar-refractivity contribution in [2.75, 3.05) is 11.1 Å². The number of rotatable bonds is 5. The summed E-state index contributed by atoms with van der Waals surface area (Å²) >= 11 is 8.46. The average molecular weight is 439 g/mol. The predicted octanol–water partition coefficient (Wildman–Crippen LogP) is 5.56. The van der Waals surface area contributed by atoms with Crippen molar-refractivity contribution < 1.29 is 4.79 Å². The molecule has 4 rings (SSSR count). The number of thiazole rings is 1. The quantitative estimate of drug-likeness (QED) is 0.251. The second-order valence-electron chi connectivity index (χ2n) is 6.47. The summed E-state index contributed by atoms with van der Waals surface area (Å²) in [5.41, 5.74) is 3.69. The number of nitrogens with zero attached hydrogens (tertiary/aromatic N) is 3. The molecule has 2 aromatic carbocycles. The Bertz CT molecular complexity index is 1230. The van der Waals surface area contributed by atoms with Gasteiger partial charge < -0.3 is 5.32 Å². The molecule has 0 aliphatic carbocycles. The lowest BCUT2D eigenvalue weighted by atomic mass is 10.2. The molecule has 0 unspecified atom stereocenters. The molecule has 0 radical (unpaired) electrons. The zero-order valence-electron chi connectivity index (χ0n) is 15.9. The van der Waals surface area contributed by atoms with Crippen LogP contribution in [0.15, 0.2) is 59.6 Å². The summed E-state index contributed by atoms with van der Waals surface area (Å²) in [6, 6.07) is 17.7. The lowest BCUT2D eigenvalue weighted by Gasteiger charge is -2.07. The van der Waals surface area contributed by atoms with Crippen LogP contribution >= 0.6 is 35.3 Å². The number of amides is 1. The maximum atomic E-state index is 12.4. The van der Waals surface area contributed by atoms with Crippen LogP contribution in [-0.2, 0) is 4.79 Å². The van der Waals surface area contributed by atoms with Gasteiger partial charge in [0.15, 0.2) is 9.60 Å². The zero-order valence-corrected chi connectivity index (χ0v) is 18.3. The number of fused-ring (bicyclic) bond motifs is 1. The van der Waals surface area contributed by atoms with Crippen molar-refractivity contribution in [2.45, 2.75) is 18.9 Å². The molecule has 5 nitrogen and oxygen atoms in total. The molecule has 4 aromatic rings. The number of benzene rings is 2.